The number of rotatable bonds is 6. The third kappa shape index (κ3) is 8.69. The van der Waals surface area contributed by atoms with Crippen molar-refractivity contribution in [2.45, 2.75) is 51.0 Å². The lowest BCUT2D eigenvalue weighted by molar-refractivity contribution is -0.121. The van der Waals surface area contributed by atoms with Crippen molar-refractivity contribution in [3.05, 3.63) is 196 Å². The van der Waals surface area contributed by atoms with Gasteiger partial charge in [0.2, 0.25) is 0 Å². The third-order valence-corrected chi connectivity index (χ3v) is 12.6. The molecule has 0 aliphatic carbocycles. The predicted molar refractivity (Wildman–Crippen MR) is 249 cm³/mol. The number of hydrogen-bond donors (Lipinski definition) is 2. The Kier molecular flexibility index (Phi) is 11.9. The molecule has 0 fully saturated rings. The largest absolute Gasteiger partial charge is 0.493 e. The number of ether oxygens (including phenoxy) is 4. The van der Waals surface area contributed by atoms with E-state index >= 15 is 0 Å². The van der Waals surface area contributed by atoms with Crippen LogP contribution in [0.15, 0.2) is 146 Å². The van der Waals surface area contributed by atoms with Gasteiger partial charge in [-0.1, -0.05) is 103 Å². The van der Waals surface area contributed by atoms with Gasteiger partial charge in [0.05, 0.1) is 18.9 Å². The van der Waals surface area contributed by atoms with E-state index < -0.39 is 18.0 Å². The van der Waals surface area contributed by atoms with Crippen LogP contribution in [0.5, 0.6) is 11.5 Å². The SMILES string of the molecule is O=C(OCc1ccccc1)N1CCc2c([nH]c3ccccc23)[C@H]1c1ccc2c(c1)CCO2.O=C1CCN(C(=O)OCc2ccccc2)[C@H](c2ccc3c(c2)CCO3)C(=O)Nc2ccccc21. The predicted octanol–water partition coefficient (Wildman–Crippen LogP) is 9.91. The highest BCUT2D eigenvalue weighted by molar-refractivity contribution is 6.07. The van der Waals surface area contributed by atoms with Crippen LogP contribution in [-0.2, 0) is 46.7 Å². The van der Waals surface area contributed by atoms with Gasteiger partial charge in [-0.05, 0) is 87.8 Å². The molecule has 4 aliphatic rings. The summed E-state index contributed by atoms with van der Waals surface area (Å²) in [6.07, 6.45) is 1.55. The van der Waals surface area contributed by atoms with E-state index in [1.807, 2.05) is 89.8 Å². The molecule has 0 radical (unpaired) electrons. The summed E-state index contributed by atoms with van der Waals surface area (Å²) in [5, 5.41) is 4.10. The molecule has 0 spiro atoms. The third-order valence-electron chi connectivity index (χ3n) is 12.6. The Bertz CT molecular complexity index is 2930. The summed E-state index contributed by atoms with van der Waals surface area (Å²) in [5.41, 5.74) is 10.1. The molecule has 5 heterocycles. The minimum atomic E-state index is -0.965. The number of aromatic amines is 1. The molecule has 1 aromatic heterocycles. The summed E-state index contributed by atoms with van der Waals surface area (Å²) in [4.78, 5) is 59.9. The van der Waals surface area contributed by atoms with Crippen LogP contribution in [0.2, 0.25) is 0 Å². The van der Waals surface area contributed by atoms with E-state index in [0.717, 1.165) is 64.2 Å². The second kappa shape index (κ2) is 18.7. The van der Waals surface area contributed by atoms with E-state index in [2.05, 4.69) is 40.6 Å². The number of nitrogens with one attached hydrogen (secondary N) is 2. The minimum Gasteiger partial charge on any atom is -0.493 e. The van der Waals surface area contributed by atoms with E-state index in [1.54, 1.807) is 30.3 Å². The van der Waals surface area contributed by atoms with Crippen LogP contribution >= 0.6 is 0 Å². The molecule has 332 valence electrons. The summed E-state index contributed by atoms with van der Waals surface area (Å²) >= 11 is 0. The number of anilines is 1. The number of benzene rings is 6. The molecule has 7 aromatic rings. The van der Waals surface area contributed by atoms with Crippen molar-refractivity contribution >= 4 is 40.5 Å². The number of ketones is 1. The van der Waals surface area contributed by atoms with E-state index in [0.29, 0.717) is 36.6 Å². The van der Waals surface area contributed by atoms with Crippen LogP contribution < -0.4 is 14.8 Å². The summed E-state index contributed by atoms with van der Waals surface area (Å²) in [5.74, 6) is 1.17. The number of nitrogens with zero attached hydrogens (tertiary/aromatic N) is 2. The molecular formula is C54H48N4O8. The monoisotopic (exact) mass is 880 g/mol. The molecule has 0 saturated carbocycles. The summed E-state index contributed by atoms with van der Waals surface area (Å²) < 4.78 is 22.6. The maximum Gasteiger partial charge on any atom is 0.411 e. The van der Waals surface area contributed by atoms with Crippen molar-refractivity contribution < 1.29 is 38.1 Å². The molecule has 0 bridgehead atoms. The first-order valence-electron chi connectivity index (χ1n) is 22.4. The number of hydrogen-bond acceptors (Lipinski definition) is 8. The average Bonchev–Trinajstić information content (AvgIpc) is 4.13. The van der Waals surface area contributed by atoms with Crippen LogP contribution in [0.1, 0.15) is 73.5 Å². The van der Waals surface area contributed by atoms with Crippen molar-refractivity contribution in [2.24, 2.45) is 0 Å². The smallest absolute Gasteiger partial charge is 0.411 e. The Balaban J connectivity index is 0.000000155. The molecule has 12 nitrogen and oxygen atoms in total. The molecule has 12 heteroatoms. The maximum absolute atomic E-state index is 13.6. The van der Waals surface area contributed by atoms with Gasteiger partial charge in [-0.2, -0.15) is 0 Å². The molecule has 4 aliphatic heterocycles. The van der Waals surface area contributed by atoms with Gasteiger partial charge >= 0.3 is 12.2 Å². The van der Waals surface area contributed by atoms with Gasteiger partial charge in [-0.15, -0.1) is 0 Å². The van der Waals surface area contributed by atoms with Crippen LogP contribution in [0.3, 0.4) is 0 Å². The summed E-state index contributed by atoms with van der Waals surface area (Å²) in [6.45, 7) is 2.29. The highest BCUT2D eigenvalue weighted by Crippen LogP contribution is 2.41. The molecule has 3 amide bonds. The average molecular weight is 881 g/mol. The Morgan fingerprint density at radius 3 is 1.79 bits per heavy atom. The first kappa shape index (κ1) is 42.1. The minimum absolute atomic E-state index is 0.0481. The lowest BCUT2D eigenvalue weighted by Crippen LogP contribution is -2.42. The highest BCUT2D eigenvalue weighted by atomic mass is 16.6. The number of carbonyl (C=O) groups is 4. The first-order valence-corrected chi connectivity index (χ1v) is 22.4. The number of fused-ring (bicyclic) bond motifs is 6. The van der Waals surface area contributed by atoms with Gasteiger partial charge < -0.3 is 29.2 Å². The zero-order valence-electron chi connectivity index (χ0n) is 36.2. The van der Waals surface area contributed by atoms with Gasteiger partial charge in [0.1, 0.15) is 36.8 Å². The standard InChI is InChI=1S/C27H24N2O5.C27H24N2O3/c30-23-12-14-29(27(32)34-17-18-6-2-1-3-7-18)25(20-10-11-24-19(16-20)13-15-33-24)26(31)28-22-9-5-4-8-21(22)23;30-27(32-17-18-6-2-1-3-7-18)29-14-12-22-21-8-4-5-9-23(21)28-25(22)26(29)20-10-11-24-19(16-20)13-15-31-24/h1-11,16,25H,12-15,17H2,(H,28,31);1-11,16,26,28H,12-15,17H2/t25-;26-/m11/s1. The number of H-pyrrole nitrogens is 1. The van der Waals surface area contributed by atoms with Crippen molar-refractivity contribution in [2.75, 3.05) is 31.6 Å². The molecule has 11 rings (SSSR count). The fraction of sp³-hybridized carbons (Fsp3) is 0.222. The molecular weight excluding hydrogens is 833 g/mol. The van der Waals surface area contributed by atoms with Crippen molar-refractivity contribution in [1.29, 1.82) is 0 Å². The molecule has 2 atom stereocenters. The van der Waals surface area contributed by atoms with Gasteiger partial charge in [-0.3, -0.25) is 19.4 Å². The van der Waals surface area contributed by atoms with Crippen molar-refractivity contribution in [3.8, 4) is 11.5 Å². The molecule has 6 aromatic carbocycles. The molecule has 0 unspecified atom stereocenters. The number of amides is 3. The normalized spacial score (nSPS) is 17.2. The van der Waals surface area contributed by atoms with Gasteiger partial charge in [-0.25, -0.2) is 9.59 Å². The van der Waals surface area contributed by atoms with E-state index in [1.165, 1.54) is 21.4 Å². The fourth-order valence-corrected chi connectivity index (χ4v) is 9.33. The molecule has 66 heavy (non-hydrogen) atoms. The van der Waals surface area contributed by atoms with E-state index in [9.17, 15) is 19.2 Å². The second-order valence-electron chi connectivity index (χ2n) is 16.7. The number of carbonyl (C=O) groups excluding carboxylic acids is 4. The van der Waals surface area contributed by atoms with E-state index in [-0.39, 0.29) is 44.1 Å². The van der Waals surface area contributed by atoms with Crippen LogP contribution in [0.25, 0.3) is 10.9 Å². The van der Waals surface area contributed by atoms with Crippen molar-refractivity contribution in [3.63, 3.8) is 0 Å². The Labute approximate surface area is 382 Å². The zero-order chi connectivity index (χ0) is 45.0. The number of para-hydroxylation sites is 2. The molecule has 2 N–H and O–H groups in total. The van der Waals surface area contributed by atoms with Gasteiger partial charge in [0.15, 0.2) is 5.78 Å². The quantitative estimate of drug-likeness (QED) is 0.168. The van der Waals surface area contributed by atoms with Crippen LogP contribution in [-0.4, -0.2) is 65.0 Å². The Hall–Kier alpha value is -7.86. The number of aromatic nitrogens is 1. The van der Waals surface area contributed by atoms with Crippen molar-refractivity contribution in [1.82, 2.24) is 14.8 Å². The Morgan fingerprint density at radius 2 is 1.14 bits per heavy atom. The lowest BCUT2D eigenvalue weighted by Gasteiger charge is -2.35. The van der Waals surface area contributed by atoms with E-state index in [4.69, 9.17) is 18.9 Å². The summed E-state index contributed by atoms with van der Waals surface area (Å²) in [6, 6.07) is 45.0. The van der Waals surface area contributed by atoms with Gasteiger partial charge in [0.25, 0.3) is 5.91 Å². The molecule has 0 saturated heterocycles. The maximum atomic E-state index is 13.6. The topological polar surface area (TPSA) is 140 Å². The van der Waals surface area contributed by atoms with Gasteiger partial charge in [0, 0.05) is 54.5 Å². The highest BCUT2D eigenvalue weighted by Gasteiger charge is 2.37. The summed E-state index contributed by atoms with van der Waals surface area (Å²) in [7, 11) is 0. The Morgan fingerprint density at radius 1 is 0.591 bits per heavy atom. The fourth-order valence-electron chi connectivity index (χ4n) is 9.33. The number of Topliss-reactive ketones (excluding diaryl/α,β-unsaturated/α-hetero) is 1. The zero-order valence-corrected chi connectivity index (χ0v) is 36.2. The van der Waals surface area contributed by atoms with Crippen LogP contribution in [0.4, 0.5) is 15.3 Å². The first-order chi connectivity index (χ1) is 32.4. The lowest BCUT2D eigenvalue weighted by atomic mass is 9.91. The van der Waals surface area contributed by atoms with Crippen LogP contribution in [0, 0.1) is 0 Å². The second-order valence-corrected chi connectivity index (χ2v) is 16.7.